The molecule has 5 heteroatoms. The Morgan fingerprint density at radius 2 is 2.29 bits per heavy atom. The summed E-state index contributed by atoms with van der Waals surface area (Å²) >= 11 is 1.67. The van der Waals surface area contributed by atoms with Crippen molar-refractivity contribution in [2.24, 2.45) is 5.92 Å². The molecule has 0 amide bonds. The highest BCUT2D eigenvalue weighted by molar-refractivity contribution is 7.16. The number of anilines is 2. The molecular weight excluding hydrogens is 232 g/mol. The van der Waals surface area contributed by atoms with Crippen LogP contribution >= 0.6 is 11.3 Å². The Hall–Kier alpha value is -1.36. The van der Waals surface area contributed by atoms with Gasteiger partial charge in [0, 0.05) is 20.6 Å². The third-order valence-corrected chi connectivity index (χ3v) is 3.93. The van der Waals surface area contributed by atoms with E-state index in [9.17, 15) is 0 Å². The first-order valence-electron chi connectivity index (χ1n) is 5.92. The molecule has 0 unspecified atom stereocenters. The maximum atomic E-state index is 4.58. The predicted octanol–water partition coefficient (Wildman–Crippen LogP) is 2.58. The van der Waals surface area contributed by atoms with E-state index < -0.39 is 0 Å². The first-order valence-corrected chi connectivity index (χ1v) is 6.80. The van der Waals surface area contributed by atoms with E-state index in [1.807, 2.05) is 7.05 Å². The standard InChI is InChI=1S/C12H16N4S/c1-13-12-14-10(16(2)7-8-3-4-8)9-5-6-17-11(9)15-12/h5-6,8H,3-4,7H2,1-2H3,(H,13,14,15). The van der Waals surface area contributed by atoms with Crippen molar-refractivity contribution in [2.45, 2.75) is 12.8 Å². The molecular formula is C12H16N4S. The molecule has 4 nitrogen and oxygen atoms in total. The van der Waals surface area contributed by atoms with E-state index in [0.717, 1.165) is 28.5 Å². The van der Waals surface area contributed by atoms with E-state index in [2.05, 4.69) is 38.7 Å². The van der Waals surface area contributed by atoms with E-state index in [1.54, 1.807) is 11.3 Å². The van der Waals surface area contributed by atoms with Crippen molar-refractivity contribution in [3.05, 3.63) is 11.4 Å². The van der Waals surface area contributed by atoms with Crippen LogP contribution in [0.25, 0.3) is 10.2 Å². The molecule has 90 valence electrons. The average molecular weight is 248 g/mol. The SMILES string of the molecule is CNc1nc(N(C)CC2CC2)c2ccsc2n1. The molecule has 1 fully saturated rings. The summed E-state index contributed by atoms with van der Waals surface area (Å²) in [6.07, 6.45) is 2.72. The number of nitrogens with zero attached hydrogens (tertiary/aromatic N) is 3. The van der Waals surface area contributed by atoms with E-state index >= 15 is 0 Å². The number of hydrogen-bond acceptors (Lipinski definition) is 5. The van der Waals surface area contributed by atoms with E-state index in [1.165, 1.54) is 12.8 Å². The van der Waals surface area contributed by atoms with E-state index in [0.29, 0.717) is 5.95 Å². The first kappa shape index (κ1) is 10.8. The topological polar surface area (TPSA) is 41.1 Å². The molecule has 0 radical (unpaired) electrons. The third kappa shape index (κ3) is 2.07. The molecule has 0 aliphatic heterocycles. The molecule has 0 atom stereocenters. The molecule has 1 aliphatic rings. The van der Waals surface area contributed by atoms with Crippen molar-refractivity contribution in [3.8, 4) is 0 Å². The highest BCUT2D eigenvalue weighted by Crippen LogP contribution is 2.33. The summed E-state index contributed by atoms with van der Waals surface area (Å²) in [5.74, 6) is 2.62. The fourth-order valence-corrected chi connectivity index (χ4v) is 2.78. The Morgan fingerprint density at radius 3 is 3.00 bits per heavy atom. The molecule has 1 saturated carbocycles. The molecule has 0 bridgehead atoms. The highest BCUT2D eigenvalue weighted by atomic mass is 32.1. The van der Waals surface area contributed by atoms with Gasteiger partial charge < -0.3 is 10.2 Å². The van der Waals surface area contributed by atoms with Gasteiger partial charge in [-0.3, -0.25) is 0 Å². The summed E-state index contributed by atoms with van der Waals surface area (Å²) in [4.78, 5) is 12.4. The molecule has 2 aromatic rings. The van der Waals surface area contributed by atoms with Crippen LogP contribution in [-0.4, -0.2) is 30.6 Å². The van der Waals surface area contributed by atoms with Crippen LogP contribution in [-0.2, 0) is 0 Å². The predicted molar refractivity (Wildman–Crippen MR) is 73.0 cm³/mol. The number of nitrogens with one attached hydrogen (secondary N) is 1. The van der Waals surface area contributed by atoms with Crippen LogP contribution in [0.4, 0.5) is 11.8 Å². The lowest BCUT2D eigenvalue weighted by atomic mass is 10.3. The van der Waals surface area contributed by atoms with Crippen molar-refractivity contribution in [1.82, 2.24) is 9.97 Å². The van der Waals surface area contributed by atoms with Crippen molar-refractivity contribution in [3.63, 3.8) is 0 Å². The maximum Gasteiger partial charge on any atom is 0.225 e. The number of fused-ring (bicyclic) bond motifs is 1. The zero-order valence-corrected chi connectivity index (χ0v) is 10.9. The summed E-state index contributed by atoms with van der Waals surface area (Å²) in [5.41, 5.74) is 0. The molecule has 2 aromatic heterocycles. The molecule has 0 aromatic carbocycles. The van der Waals surface area contributed by atoms with Crippen LogP contribution in [0.3, 0.4) is 0 Å². The van der Waals surface area contributed by atoms with Gasteiger partial charge in [0.1, 0.15) is 10.6 Å². The van der Waals surface area contributed by atoms with Gasteiger partial charge in [0.15, 0.2) is 0 Å². The number of hydrogen-bond donors (Lipinski definition) is 1. The molecule has 2 heterocycles. The Kier molecular flexibility index (Phi) is 2.63. The molecule has 0 saturated heterocycles. The molecule has 0 spiro atoms. The monoisotopic (exact) mass is 248 g/mol. The van der Waals surface area contributed by atoms with Gasteiger partial charge in [-0.25, -0.2) is 4.98 Å². The van der Waals surface area contributed by atoms with Crippen LogP contribution in [0.1, 0.15) is 12.8 Å². The molecule has 1 aliphatic carbocycles. The Morgan fingerprint density at radius 1 is 1.47 bits per heavy atom. The van der Waals surface area contributed by atoms with Gasteiger partial charge in [-0.15, -0.1) is 11.3 Å². The lowest BCUT2D eigenvalue weighted by molar-refractivity contribution is 0.780. The number of rotatable bonds is 4. The third-order valence-electron chi connectivity index (χ3n) is 3.12. The largest absolute Gasteiger partial charge is 0.359 e. The van der Waals surface area contributed by atoms with Crippen molar-refractivity contribution < 1.29 is 0 Å². The van der Waals surface area contributed by atoms with Gasteiger partial charge in [-0.1, -0.05) is 0 Å². The lowest BCUT2D eigenvalue weighted by Gasteiger charge is -2.19. The Labute approximate surface area is 105 Å². The van der Waals surface area contributed by atoms with Crippen LogP contribution in [0, 0.1) is 5.92 Å². The van der Waals surface area contributed by atoms with Gasteiger partial charge >= 0.3 is 0 Å². The summed E-state index contributed by atoms with van der Waals surface area (Å²) < 4.78 is 0. The lowest BCUT2D eigenvalue weighted by Crippen LogP contribution is -2.21. The van der Waals surface area contributed by atoms with E-state index in [-0.39, 0.29) is 0 Å². The molecule has 1 N–H and O–H groups in total. The summed E-state index contributed by atoms with van der Waals surface area (Å²) in [5, 5.41) is 6.27. The van der Waals surface area contributed by atoms with E-state index in [4.69, 9.17) is 0 Å². The second kappa shape index (κ2) is 4.14. The Bertz CT molecular complexity index is 532. The average Bonchev–Trinajstić information content (AvgIpc) is 3.02. The summed E-state index contributed by atoms with van der Waals surface area (Å²) in [7, 11) is 3.98. The normalized spacial score (nSPS) is 15.2. The van der Waals surface area contributed by atoms with Crippen molar-refractivity contribution in [2.75, 3.05) is 30.9 Å². The first-order chi connectivity index (χ1) is 8.28. The number of aromatic nitrogens is 2. The van der Waals surface area contributed by atoms with Crippen LogP contribution in [0.2, 0.25) is 0 Å². The van der Waals surface area contributed by atoms with Crippen LogP contribution < -0.4 is 10.2 Å². The van der Waals surface area contributed by atoms with Crippen LogP contribution in [0.15, 0.2) is 11.4 Å². The van der Waals surface area contributed by atoms with Crippen molar-refractivity contribution in [1.29, 1.82) is 0 Å². The fourth-order valence-electron chi connectivity index (χ4n) is 2.02. The smallest absolute Gasteiger partial charge is 0.225 e. The molecule has 3 rings (SSSR count). The highest BCUT2D eigenvalue weighted by Gasteiger charge is 2.24. The minimum Gasteiger partial charge on any atom is -0.359 e. The van der Waals surface area contributed by atoms with Gasteiger partial charge in [0.2, 0.25) is 5.95 Å². The quantitative estimate of drug-likeness (QED) is 0.903. The van der Waals surface area contributed by atoms with Crippen LogP contribution in [0.5, 0.6) is 0 Å². The second-order valence-corrected chi connectivity index (χ2v) is 5.48. The zero-order chi connectivity index (χ0) is 11.8. The summed E-state index contributed by atoms with van der Waals surface area (Å²) in [6, 6.07) is 2.11. The molecule has 17 heavy (non-hydrogen) atoms. The van der Waals surface area contributed by atoms with Gasteiger partial charge in [-0.2, -0.15) is 4.98 Å². The fraction of sp³-hybridized carbons (Fsp3) is 0.500. The number of thiophene rings is 1. The minimum atomic E-state index is 0.706. The zero-order valence-electron chi connectivity index (χ0n) is 10.1. The Balaban J connectivity index is 2.01. The van der Waals surface area contributed by atoms with Crippen molar-refractivity contribution >= 4 is 33.3 Å². The van der Waals surface area contributed by atoms with Gasteiger partial charge in [0.05, 0.1) is 5.39 Å². The maximum absolute atomic E-state index is 4.58. The van der Waals surface area contributed by atoms with Gasteiger partial charge in [0.25, 0.3) is 0 Å². The summed E-state index contributed by atoms with van der Waals surface area (Å²) in [6.45, 7) is 1.10. The second-order valence-electron chi connectivity index (χ2n) is 4.58. The minimum absolute atomic E-state index is 0.706. The van der Waals surface area contributed by atoms with Gasteiger partial charge in [-0.05, 0) is 30.2 Å².